The fourth-order valence-corrected chi connectivity index (χ4v) is 2.44. The SMILES string of the molecule is Cc1nc(N=CN(C)C)c2c(c1C)CN(C(=O)OC(C)(C)C)C2. The lowest BCUT2D eigenvalue weighted by Crippen LogP contribution is -2.33. The number of carbonyl (C=O) groups is 1. The molecule has 0 saturated heterocycles. The summed E-state index contributed by atoms with van der Waals surface area (Å²) in [5, 5.41) is 0. The van der Waals surface area contributed by atoms with Crippen LogP contribution in [0.5, 0.6) is 0 Å². The van der Waals surface area contributed by atoms with Gasteiger partial charge < -0.3 is 9.64 Å². The minimum Gasteiger partial charge on any atom is -0.444 e. The predicted molar refractivity (Wildman–Crippen MR) is 91.0 cm³/mol. The van der Waals surface area contributed by atoms with E-state index < -0.39 is 5.60 Å². The molecule has 0 bridgehead atoms. The molecule has 0 aliphatic carbocycles. The Bertz CT molecular complexity index is 645. The van der Waals surface area contributed by atoms with Gasteiger partial charge >= 0.3 is 6.09 Å². The largest absolute Gasteiger partial charge is 0.444 e. The van der Waals surface area contributed by atoms with Crippen LogP contribution in [0.15, 0.2) is 4.99 Å². The number of nitrogens with zero attached hydrogens (tertiary/aromatic N) is 4. The molecule has 1 amide bonds. The summed E-state index contributed by atoms with van der Waals surface area (Å²) >= 11 is 0. The lowest BCUT2D eigenvalue weighted by atomic mass is 10.0. The van der Waals surface area contributed by atoms with Crippen LogP contribution in [0.25, 0.3) is 0 Å². The van der Waals surface area contributed by atoms with Crippen molar-refractivity contribution in [2.45, 2.75) is 53.3 Å². The average molecular weight is 318 g/mol. The topological polar surface area (TPSA) is 58.0 Å². The maximum Gasteiger partial charge on any atom is 0.410 e. The van der Waals surface area contributed by atoms with Gasteiger partial charge in [0.05, 0.1) is 19.4 Å². The average Bonchev–Trinajstić information content (AvgIpc) is 2.85. The normalized spacial score (nSPS) is 14.3. The van der Waals surface area contributed by atoms with Gasteiger partial charge in [0, 0.05) is 25.4 Å². The van der Waals surface area contributed by atoms with E-state index in [2.05, 4.69) is 9.98 Å². The van der Waals surface area contributed by atoms with Gasteiger partial charge in [-0.2, -0.15) is 0 Å². The van der Waals surface area contributed by atoms with Crippen molar-refractivity contribution in [2.24, 2.45) is 4.99 Å². The molecule has 1 aromatic heterocycles. The molecule has 1 aliphatic rings. The zero-order valence-corrected chi connectivity index (χ0v) is 15.1. The van der Waals surface area contributed by atoms with Crippen LogP contribution in [0.2, 0.25) is 0 Å². The number of aryl methyl sites for hydroxylation is 1. The van der Waals surface area contributed by atoms with Crippen LogP contribution in [-0.4, -0.2) is 46.9 Å². The van der Waals surface area contributed by atoms with Gasteiger partial charge in [-0.3, -0.25) is 4.90 Å². The molecule has 0 aromatic carbocycles. The third kappa shape index (κ3) is 4.00. The summed E-state index contributed by atoms with van der Waals surface area (Å²) in [4.78, 5) is 25.0. The van der Waals surface area contributed by atoms with E-state index in [1.165, 1.54) is 0 Å². The predicted octanol–water partition coefficient (Wildman–Crippen LogP) is 3.17. The number of ether oxygens (including phenoxy) is 1. The van der Waals surface area contributed by atoms with Crippen molar-refractivity contribution in [3.8, 4) is 0 Å². The Morgan fingerprint density at radius 3 is 2.43 bits per heavy atom. The highest BCUT2D eigenvalue weighted by Gasteiger charge is 2.31. The van der Waals surface area contributed by atoms with E-state index in [9.17, 15) is 4.79 Å². The van der Waals surface area contributed by atoms with E-state index >= 15 is 0 Å². The molecule has 0 radical (unpaired) electrons. The first-order chi connectivity index (χ1) is 10.6. The number of hydrogen-bond donors (Lipinski definition) is 0. The molecule has 2 heterocycles. The number of fused-ring (bicyclic) bond motifs is 1. The Balaban J connectivity index is 2.32. The molecule has 0 spiro atoms. The summed E-state index contributed by atoms with van der Waals surface area (Å²) in [6.45, 7) is 10.7. The number of aromatic nitrogens is 1. The summed E-state index contributed by atoms with van der Waals surface area (Å²) < 4.78 is 5.48. The summed E-state index contributed by atoms with van der Waals surface area (Å²) in [5.41, 5.74) is 3.71. The van der Waals surface area contributed by atoms with E-state index in [1.54, 1.807) is 11.2 Å². The van der Waals surface area contributed by atoms with Gasteiger partial charge in [0.15, 0.2) is 5.82 Å². The van der Waals surface area contributed by atoms with E-state index in [1.807, 2.05) is 53.6 Å². The minimum atomic E-state index is -0.499. The molecule has 0 saturated carbocycles. The van der Waals surface area contributed by atoms with Crippen LogP contribution in [0.1, 0.15) is 43.2 Å². The molecule has 23 heavy (non-hydrogen) atoms. The smallest absolute Gasteiger partial charge is 0.410 e. The first-order valence-corrected chi connectivity index (χ1v) is 7.76. The van der Waals surface area contributed by atoms with Crippen molar-refractivity contribution < 1.29 is 9.53 Å². The molecule has 0 fully saturated rings. The van der Waals surface area contributed by atoms with Crippen LogP contribution in [0, 0.1) is 13.8 Å². The van der Waals surface area contributed by atoms with E-state index in [0.717, 1.165) is 22.4 Å². The maximum atomic E-state index is 12.3. The first-order valence-electron chi connectivity index (χ1n) is 7.76. The molecule has 6 nitrogen and oxygen atoms in total. The molecule has 0 unspecified atom stereocenters. The van der Waals surface area contributed by atoms with Crippen molar-refractivity contribution in [1.29, 1.82) is 0 Å². The number of aliphatic imine (C=N–C) groups is 1. The summed E-state index contributed by atoms with van der Waals surface area (Å²) in [5.74, 6) is 0.683. The van der Waals surface area contributed by atoms with E-state index in [-0.39, 0.29) is 6.09 Å². The molecular weight excluding hydrogens is 292 g/mol. The van der Waals surface area contributed by atoms with Gasteiger partial charge in [-0.25, -0.2) is 14.8 Å². The lowest BCUT2D eigenvalue weighted by Gasteiger charge is -2.24. The second-order valence-electron chi connectivity index (χ2n) is 7.15. The molecular formula is C17H26N4O2. The van der Waals surface area contributed by atoms with Gasteiger partial charge in [0.1, 0.15) is 5.60 Å². The number of amides is 1. The molecule has 1 aromatic rings. The van der Waals surface area contributed by atoms with Crippen LogP contribution < -0.4 is 0 Å². The number of carbonyl (C=O) groups excluding carboxylic acids is 1. The van der Waals surface area contributed by atoms with Crippen LogP contribution in [-0.2, 0) is 17.8 Å². The Morgan fingerprint density at radius 1 is 1.26 bits per heavy atom. The number of rotatable bonds is 2. The summed E-state index contributed by atoms with van der Waals surface area (Å²) in [6.07, 6.45) is 1.43. The van der Waals surface area contributed by atoms with Crippen LogP contribution in [0.4, 0.5) is 10.6 Å². The summed E-state index contributed by atoms with van der Waals surface area (Å²) in [7, 11) is 3.83. The number of pyridine rings is 1. The van der Waals surface area contributed by atoms with Gasteiger partial charge in [-0.1, -0.05) is 0 Å². The van der Waals surface area contributed by atoms with Crippen molar-refractivity contribution in [1.82, 2.24) is 14.8 Å². The Morgan fingerprint density at radius 2 is 1.87 bits per heavy atom. The van der Waals surface area contributed by atoms with E-state index in [0.29, 0.717) is 18.9 Å². The minimum absolute atomic E-state index is 0.298. The fourth-order valence-electron chi connectivity index (χ4n) is 2.44. The molecule has 1 aliphatic heterocycles. The van der Waals surface area contributed by atoms with Crippen molar-refractivity contribution >= 4 is 18.2 Å². The third-order valence-electron chi connectivity index (χ3n) is 3.66. The van der Waals surface area contributed by atoms with Crippen molar-refractivity contribution in [3.63, 3.8) is 0 Å². The molecule has 2 rings (SSSR count). The second-order valence-corrected chi connectivity index (χ2v) is 7.15. The van der Waals surface area contributed by atoms with Gasteiger partial charge in [-0.15, -0.1) is 0 Å². The fraction of sp³-hybridized carbons (Fsp3) is 0.588. The maximum absolute atomic E-state index is 12.3. The van der Waals surface area contributed by atoms with Crippen molar-refractivity contribution in [2.75, 3.05) is 14.1 Å². The standard InChI is InChI=1S/C17H26N4O2/c1-11-12(2)19-15(18-10-20(6)7)14-9-21(8-13(11)14)16(22)23-17(3,4)5/h10H,8-9H2,1-7H3. The highest BCUT2D eigenvalue weighted by atomic mass is 16.6. The van der Waals surface area contributed by atoms with Crippen LogP contribution in [0.3, 0.4) is 0 Å². The lowest BCUT2D eigenvalue weighted by molar-refractivity contribution is 0.0242. The first kappa shape index (κ1) is 17.2. The van der Waals surface area contributed by atoms with Crippen molar-refractivity contribution in [3.05, 3.63) is 22.4 Å². The molecule has 6 heteroatoms. The summed E-state index contributed by atoms with van der Waals surface area (Å²) in [6, 6.07) is 0. The van der Waals surface area contributed by atoms with Gasteiger partial charge in [-0.05, 0) is 45.7 Å². The highest BCUT2D eigenvalue weighted by molar-refractivity contribution is 5.71. The second kappa shape index (κ2) is 6.18. The van der Waals surface area contributed by atoms with Crippen LogP contribution >= 0.6 is 0 Å². The molecule has 0 atom stereocenters. The Labute approximate surface area is 138 Å². The molecule has 0 N–H and O–H groups in total. The highest BCUT2D eigenvalue weighted by Crippen LogP contribution is 2.34. The monoisotopic (exact) mass is 318 g/mol. The third-order valence-corrected chi connectivity index (χ3v) is 3.66. The Hall–Kier alpha value is -2.11. The van der Waals surface area contributed by atoms with Gasteiger partial charge in [0.2, 0.25) is 0 Å². The molecule has 126 valence electrons. The Kier molecular flexibility index (Phi) is 4.63. The van der Waals surface area contributed by atoms with Gasteiger partial charge in [0.25, 0.3) is 0 Å². The quantitative estimate of drug-likeness (QED) is 0.621. The number of hydrogen-bond acceptors (Lipinski definition) is 4. The zero-order valence-electron chi connectivity index (χ0n) is 15.1. The van der Waals surface area contributed by atoms with E-state index in [4.69, 9.17) is 4.74 Å². The zero-order chi connectivity index (χ0) is 17.4.